The zero-order chi connectivity index (χ0) is 18.9. The molecule has 3 rings (SSSR count). The van der Waals surface area contributed by atoms with Crippen LogP contribution in [-0.4, -0.2) is 52.1 Å². The summed E-state index contributed by atoms with van der Waals surface area (Å²) in [6.07, 6.45) is 1.60. The third-order valence-corrected chi connectivity index (χ3v) is 4.10. The molecule has 142 valence electrons. The van der Waals surface area contributed by atoms with Crippen LogP contribution >= 0.6 is 0 Å². The van der Waals surface area contributed by atoms with E-state index in [4.69, 9.17) is 14.2 Å². The van der Waals surface area contributed by atoms with E-state index >= 15 is 0 Å². The van der Waals surface area contributed by atoms with Gasteiger partial charge in [0.15, 0.2) is 18.1 Å². The Morgan fingerprint density at radius 3 is 2.56 bits per heavy atom. The molecule has 1 aliphatic rings. The number of carbonyl (C=O) groups is 1. The molecule has 0 spiro atoms. The Labute approximate surface area is 158 Å². The van der Waals surface area contributed by atoms with Gasteiger partial charge in [-0.15, -0.1) is 0 Å². The summed E-state index contributed by atoms with van der Waals surface area (Å²) in [5, 5.41) is 3.97. The molecule has 0 unspecified atom stereocenters. The standard InChI is InChI=1S/C20H23N3O4/c1-25-18-4-2-3-5-19(18)27-15-20(24)22-21-14-16-6-8-17(9-7-16)23-10-12-26-13-11-23/h2-9,14H,10-13,15H2,1H3,(H,22,24)/b21-14+. The van der Waals surface area contributed by atoms with E-state index in [2.05, 4.69) is 15.4 Å². The van der Waals surface area contributed by atoms with Crippen molar-refractivity contribution in [2.24, 2.45) is 5.10 Å². The summed E-state index contributed by atoms with van der Waals surface area (Å²) in [4.78, 5) is 14.1. The Balaban J connectivity index is 1.46. The Morgan fingerprint density at radius 1 is 1.15 bits per heavy atom. The Bertz CT molecular complexity index is 771. The summed E-state index contributed by atoms with van der Waals surface area (Å²) in [5.74, 6) is 0.745. The lowest BCUT2D eigenvalue weighted by atomic mass is 10.2. The van der Waals surface area contributed by atoms with E-state index in [9.17, 15) is 4.79 Å². The highest BCUT2D eigenvalue weighted by atomic mass is 16.5. The number of hydrazone groups is 1. The van der Waals surface area contributed by atoms with Crippen molar-refractivity contribution in [1.82, 2.24) is 5.43 Å². The summed E-state index contributed by atoms with van der Waals surface area (Å²) in [6, 6.07) is 15.2. The van der Waals surface area contributed by atoms with Crippen LogP contribution in [0.25, 0.3) is 0 Å². The first-order valence-electron chi connectivity index (χ1n) is 8.77. The number of methoxy groups -OCH3 is 1. The Kier molecular flexibility index (Phi) is 6.65. The maximum Gasteiger partial charge on any atom is 0.277 e. The average Bonchev–Trinajstić information content (AvgIpc) is 2.73. The number of para-hydroxylation sites is 2. The van der Waals surface area contributed by atoms with Gasteiger partial charge in [0.25, 0.3) is 5.91 Å². The van der Waals surface area contributed by atoms with E-state index in [1.807, 2.05) is 36.4 Å². The number of carbonyl (C=O) groups excluding carboxylic acids is 1. The first-order valence-corrected chi connectivity index (χ1v) is 8.77. The van der Waals surface area contributed by atoms with Crippen LogP contribution in [-0.2, 0) is 9.53 Å². The van der Waals surface area contributed by atoms with Crippen molar-refractivity contribution in [2.45, 2.75) is 0 Å². The monoisotopic (exact) mass is 369 g/mol. The van der Waals surface area contributed by atoms with Crippen molar-refractivity contribution < 1.29 is 19.0 Å². The van der Waals surface area contributed by atoms with Gasteiger partial charge in [-0.2, -0.15) is 5.10 Å². The molecule has 1 aliphatic heterocycles. The smallest absolute Gasteiger partial charge is 0.277 e. The van der Waals surface area contributed by atoms with Gasteiger partial charge in [0.05, 0.1) is 26.5 Å². The molecule has 1 N–H and O–H groups in total. The number of hydrogen-bond donors (Lipinski definition) is 1. The SMILES string of the molecule is COc1ccccc1OCC(=O)N/N=C/c1ccc(N2CCOCC2)cc1. The van der Waals surface area contributed by atoms with Gasteiger partial charge in [0.1, 0.15) is 0 Å². The fourth-order valence-electron chi connectivity index (χ4n) is 2.69. The lowest BCUT2D eigenvalue weighted by molar-refractivity contribution is -0.123. The number of rotatable bonds is 7. The molecule has 0 saturated carbocycles. The number of nitrogens with zero attached hydrogens (tertiary/aromatic N) is 2. The molecule has 0 radical (unpaired) electrons. The molecule has 1 heterocycles. The topological polar surface area (TPSA) is 72.4 Å². The minimum atomic E-state index is -0.345. The van der Waals surface area contributed by atoms with Gasteiger partial charge >= 0.3 is 0 Å². The molecule has 2 aromatic rings. The second-order valence-electron chi connectivity index (χ2n) is 5.92. The summed E-state index contributed by atoms with van der Waals surface area (Å²) in [6.45, 7) is 3.16. The number of amides is 1. The predicted molar refractivity (Wildman–Crippen MR) is 104 cm³/mol. The maximum atomic E-state index is 11.9. The number of benzene rings is 2. The van der Waals surface area contributed by atoms with Crippen LogP contribution < -0.4 is 19.8 Å². The molecule has 0 bridgehead atoms. The second kappa shape index (κ2) is 9.59. The lowest BCUT2D eigenvalue weighted by Gasteiger charge is -2.28. The molecule has 2 aromatic carbocycles. The molecule has 27 heavy (non-hydrogen) atoms. The van der Waals surface area contributed by atoms with E-state index in [1.165, 1.54) is 0 Å². The molecule has 7 nitrogen and oxygen atoms in total. The van der Waals surface area contributed by atoms with Crippen molar-refractivity contribution >= 4 is 17.8 Å². The Morgan fingerprint density at radius 2 is 1.85 bits per heavy atom. The molecule has 0 aliphatic carbocycles. The van der Waals surface area contributed by atoms with Gasteiger partial charge in [-0.1, -0.05) is 24.3 Å². The maximum absolute atomic E-state index is 11.9. The molecule has 1 saturated heterocycles. The van der Waals surface area contributed by atoms with Crippen molar-refractivity contribution in [3.05, 3.63) is 54.1 Å². The van der Waals surface area contributed by atoms with Crippen LogP contribution in [0.15, 0.2) is 53.6 Å². The van der Waals surface area contributed by atoms with Gasteiger partial charge in [-0.25, -0.2) is 5.43 Å². The van der Waals surface area contributed by atoms with Gasteiger partial charge in [-0.3, -0.25) is 4.79 Å². The highest BCUT2D eigenvalue weighted by Crippen LogP contribution is 2.25. The van der Waals surface area contributed by atoms with E-state index in [0.717, 1.165) is 37.6 Å². The van der Waals surface area contributed by atoms with E-state index in [1.54, 1.807) is 25.5 Å². The Hall–Kier alpha value is -3.06. The lowest BCUT2D eigenvalue weighted by Crippen LogP contribution is -2.36. The van der Waals surface area contributed by atoms with E-state index in [-0.39, 0.29) is 12.5 Å². The second-order valence-corrected chi connectivity index (χ2v) is 5.92. The minimum Gasteiger partial charge on any atom is -0.493 e. The molecule has 0 atom stereocenters. The molecule has 7 heteroatoms. The van der Waals surface area contributed by atoms with Crippen molar-refractivity contribution in [2.75, 3.05) is 44.9 Å². The van der Waals surface area contributed by atoms with Crippen LogP contribution in [0.1, 0.15) is 5.56 Å². The van der Waals surface area contributed by atoms with Crippen LogP contribution in [0.2, 0.25) is 0 Å². The van der Waals surface area contributed by atoms with Gasteiger partial charge in [0.2, 0.25) is 0 Å². The summed E-state index contributed by atoms with van der Waals surface area (Å²) >= 11 is 0. The van der Waals surface area contributed by atoms with Crippen LogP contribution in [0.3, 0.4) is 0 Å². The average molecular weight is 369 g/mol. The number of nitrogens with one attached hydrogen (secondary N) is 1. The number of ether oxygens (including phenoxy) is 3. The molecule has 1 amide bonds. The molecular formula is C20H23N3O4. The molecule has 1 fully saturated rings. The van der Waals surface area contributed by atoms with Crippen molar-refractivity contribution in [3.8, 4) is 11.5 Å². The zero-order valence-corrected chi connectivity index (χ0v) is 15.3. The van der Waals surface area contributed by atoms with E-state index in [0.29, 0.717) is 11.5 Å². The number of morpholine rings is 1. The van der Waals surface area contributed by atoms with Gasteiger partial charge in [-0.05, 0) is 29.8 Å². The first kappa shape index (κ1) is 18.7. The minimum absolute atomic E-state index is 0.145. The third kappa shape index (κ3) is 5.46. The van der Waals surface area contributed by atoms with Gasteiger partial charge < -0.3 is 19.1 Å². The van der Waals surface area contributed by atoms with Crippen molar-refractivity contribution in [3.63, 3.8) is 0 Å². The molecular weight excluding hydrogens is 346 g/mol. The van der Waals surface area contributed by atoms with E-state index < -0.39 is 0 Å². The normalized spacial score (nSPS) is 14.2. The third-order valence-electron chi connectivity index (χ3n) is 4.10. The molecule has 0 aromatic heterocycles. The zero-order valence-electron chi connectivity index (χ0n) is 15.3. The highest BCUT2D eigenvalue weighted by Gasteiger charge is 2.10. The van der Waals surface area contributed by atoms with Crippen LogP contribution in [0.4, 0.5) is 5.69 Å². The van der Waals surface area contributed by atoms with Crippen LogP contribution in [0, 0.1) is 0 Å². The fourth-order valence-corrected chi connectivity index (χ4v) is 2.69. The first-order chi connectivity index (χ1) is 13.3. The number of hydrogen-bond acceptors (Lipinski definition) is 6. The summed E-state index contributed by atoms with van der Waals surface area (Å²) < 4.78 is 16.0. The highest BCUT2D eigenvalue weighted by molar-refractivity contribution is 5.83. The largest absolute Gasteiger partial charge is 0.493 e. The van der Waals surface area contributed by atoms with Crippen LogP contribution in [0.5, 0.6) is 11.5 Å². The summed E-state index contributed by atoms with van der Waals surface area (Å²) in [7, 11) is 1.55. The predicted octanol–water partition coefficient (Wildman–Crippen LogP) is 2.06. The van der Waals surface area contributed by atoms with Gasteiger partial charge in [0, 0.05) is 18.8 Å². The fraction of sp³-hybridized carbons (Fsp3) is 0.300. The number of anilines is 1. The quantitative estimate of drug-likeness (QED) is 0.597. The summed E-state index contributed by atoms with van der Waals surface area (Å²) in [5.41, 5.74) is 4.51. The van der Waals surface area contributed by atoms with Crippen molar-refractivity contribution in [1.29, 1.82) is 0 Å².